The van der Waals surface area contributed by atoms with Crippen LogP contribution in [0.5, 0.6) is 11.5 Å². The zero-order valence-corrected chi connectivity index (χ0v) is 16.4. The molecule has 7 nitrogen and oxygen atoms in total. The molecule has 0 saturated heterocycles. The van der Waals surface area contributed by atoms with Crippen LogP contribution in [0.3, 0.4) is 0 Å². The number of ether oxygens (including phenoxy) is 2. The molecule has 0 heterocycles. The summed E-state index contributed by atoms with van der Waals surface area (Å²) in [5, 5.41) is 8.83. The van der Waals surface area contributed by atoms with Crippen LogP contribution in [0.2, 0.25) is 0 Å². The average Bonchev–Trinajstić information content (AvgIpc) is 3.12. The highest BCUT2D eigenvalue weighted by Gasteiger charge is 2.24. The molecule has 28 heavy (non-hydrogen) atoms. The number of aryl methyl sites for hydroxylation is 2. The molecule has 0 saturated carbocycles. The first-order valence-corrected chi connectivity index (χ1v) is 10.1. The van der Waals surface area contributed by atoms with Gasteiger partial charge < -0.3 is 14.6 Å². The van der Waals surface area contributed by atoms with Gasteiger partial charge in [0.1, 0.15) is 4.90 Å². The van der Waals surface area contributed by atoms with E-state index in [0.717, 1.165) is 30.9 Å². The van der Waals surface area contributed by atoms with Crippen molar-refractivity contribution in [3.63, 3.8) is 0 Å². The molecular weight excluding hydrogens is 382 g/mol. The van der Waals surface area contributed by atoms with Gasteiger partial charge in [-0.25, -0.2) is 13.2 Å². The van der Waals surface area contributed by atoms with Gasteiger partial charge in [-0.2, -0.15) is 0 Å². The minimum absolute atomic E-state index is 0.0450. The lowest BCUT2D eigenvalue weighted by molar-refractivity contribution is -0.131. The number of carboxylic acids is 1. The molecule has 2 N–H and O–H groups in total. The second kappa shape index (κ2) is 7.93. The van der Waals surface area contributed by atoms with Gasteiger partial charge in [-0.15, -0.1) is 0 Å². The van der Waals surface area contributed by atoms with E-state index in [-0.39, 0.29) is 16.4 Å². The summed E-state index contributed by atoms with van der Waals surface area (Å²) in [6.07, 6.45) is 5.21. The van der Waals surface area contributed by atoms with Crippen LogP contribution >= 0.6 is 0 Å². The summed E-state index contributed by atoms with van der Waals surface area (Å²) < 4.78 is 39.2. The molecule has 2 aromatic carbocycles. The SMILES string of the molecule is COc1cc(/C=C/C(=O)O)cc(S(=O)(=O)Nc2ccc3c(c2)CCC3)c1OC. The first-order chi connectivity index (χ1) is 13.3. The Morgan fingerprint density at radius 3 is 2.54 bits per heavy atom. The van der Waals surface area contributed by atoms with E-state index in [1.165, 1.54) is 38.0 Å². The Labute approximate surface area is 163 Å². The van der Waals surface area contributed by atoms with Crippen LogP contribution in [-0.4, -0.2) is 33.7 Å². The highest BCUT2D eigenvalue weighted by Crippen LogP contribution is 2.37. The summed E-state index contributed by atoms with van der Waals surface area (Å²) in [4.78, 5) is 10.7. The number of fused-ring (bicyclic) bond motifs is 1. The lowest BCUT2D eigenvalue weighted by Gasteiger charge is -2.16. The van der Waals surface area contributed by atoms with Gasteiger partial charge in [0.2, 0.25) is 0 Å². The standard InChI is InChI=1S/C20H21NO6S/c1-26-17-10-13(6-9-19(22)23)11-18(20(17)27-2)28(24,25)21-16-8-7-14-4-3-5-15(14)12-16/h6-12,21H,3-5H2,1-2H3,(H,22,23)/b9-6+. The fourth-order valence-electron chi connectivity index (χ4n) is 3.26. The Morgan fingerprint density at radius 2 is 1.86 bits per heavy atom. The van der Waals surface area contributed by atoms with Gasteiger partial charge in [0.25, 0.3) is 10.0 Å². The number of carboxylic acid groups (broad SMARTS) is 1. The topological polar surface area (TPSA) is 102 Å². The normalized spacial score (nSPS) is 13.4. The minimum atomic E-state index is -4.00. The lowest BCUT2D eigenvalue weighted by Crippen LogP contribution is -2.15. The smallest absolute Gasteiger partial charge is 0.328 e. The van der Waals surface area contributed by atoms with E-state index in [4.69, 9.17) is 14.6 Å². The molecular formula is C20H21NO6S. The van der Waals surface area contributed by atoms with E-state index in [2.05, 4.69) is 4.72 Å². The highest BCUT2D eigenvalue weighted by molar-refractivity contribution is 7.92. The highest BCUT2D eigenvalue weighted by atomic mass is 32.2. The zero-order chi connectivity index (χ0) is 20.3. The summed E-state index contributed by atoms with van der Waals surface area (Å²) in [6.45, 7) is 0. The summed E-state index contributed by atoms with van der Waals surface area (Å²) >= 11 is 0. The van der Waals surface area contributed by atoms with E-state index in [0.29, 0.717) is 11.3 Å². The maximum absolute atomic E-state index is 13.1. The van der Waals surface area contributed by atoms with Crippen LogP contribution in [0, 0.1) is 0 Å². The van der Waals surface area contributed by atoms with Gasteiger partial charge in [0.15, 0.2) is 11.5 Å². The van der Waals surface area contributed by atoms with Gasteiger partial charge in [-0.05, 0) is 66.3 Å². The molecule has 148 valence electrons. The fourth-order valence-corrected chi connectivity index (χ4v) is 4.52. The lowest BCUT2D eigenvalue weighted by atomic mass is 10.1. The van der Waals surface area contributed by atoms with Gasteiger partial charge >= 0.3 is 5.97 Å². The molecule has 0 unspecified atom stereocenters. The molecule has 1 aliphatic rings. The Morgan fingerprint density at radius 1 is 1.11 bits per heavy atom. The van der Waals surface area contributed by atoms with Crippen molar-refractivity contribution in [2.24, 2.45) is 0 Å². The third-order valence-corrected chi connectivity index (χ3v) is 5.91. The second-order valence-electron chi connectivity index (χ2n) is 6.37. The second-order valence-corrected chi connectivity index (χ2v) is 8.02. The number of aliphatic carboxylic acids is 1. The van der Waals surface area contributed by atoms with Crippen molar-refractivity contribution in [3.8, 4) is 11.5 Å². The maximum atomic E-state index is 13.1. The molecule has 1 aliphatic carbocycles. The summed E-state index contributed by atoms with van der Waals surface area (Å²) in [6, 6.07) is 8.37. The number of methoxy groups -OCH3 is 2. The number of anilines is 1. The van der Waals surface area contributed by atoms with Gasteiger partial charge in [-0.1, -0.05) is 6.07 Å². The molecule has 8 heteroatoms. The summed E-state index contributed by atoms with van der Waals surface area (Å²) in [5.41, 5.74) is 3.20. The van der Waals surface area contributed by atoms with Crippen LogP contribution in [0.4, 0.5) is 5.69 Å². The number of nitrogens with one attached hydrogen (secondary N) is 1. The number of rotatable bonds is 7. The van der Waals surface area contributed by atoms with Gasteiger partial charge in [0, 0.05) is 11.8 Å². The van der Waals surface area contributed by atoms with Crippen molar-refractivity contribution >= 4 is 27.8 Å². The monoisotopic (exact) mass is 403 g/mol. The molecule has 0 aliphatic heterocycles. The largest absolute Gasteiger partial charge is 0.493 e. The van der Waals surface area contributed by atoms with Crippen LogP contribution in [-0.2, 0) is 27.7 Å². The Balaban J connectivity index is 2.03. The van der Waals surface area contributed by atoms with Crippen LogP contribution in [0.1, 0.15) is 23.1 Å². The molecule has 0 bridgehead atoms. The van der Waals surface area contributed by atoms with Gasteiger partial charge in [0.05, 0.1) is 14.2 Å². The van der Waals surface area contributed by atoms with E-state index in [1.807, 2.05) is 12.1 Å². The van der Waals surface area contributed by atoms with Crippen LogP contribution in [0.25, 0.3) is 6.08 Å². The molecule has 0 spiro atoms. The number of hydrogen-bond donors (Lipinski definition) is 2. The van der Waals surface area contributed by atoms with E-state index in [9.17, 15) is 13.2 Å². The molecule has 0 amide bonds. The third-order valence-electron chi connectivity index (χ3n) is 4.53. The molecule has 0 radical (unpaired) electrons. The van der Waals surface area contributed by atoms with Crippen LogP contribution < -0.4 is 14.2 Å². The molecule has 0 aromatic heterocycles. The first-order valence-electron chi connectivity index (χ1n) is 8.65. The Kier molecular flexibility index (Phi) is 5.60. The number of benzene rings is 2. The van der Waals surface area contributed by atoms with Crippen molar-refractivity contribution < 1.29 is 27.8 Å². The molecule has 0 fully saturated rings. The van der Waals surface area contributed by atoms with E-state index in [1.54, 1.807) is 6.07 Å². The number of hydrogen-bond acceptors (Lipinski definition) is 5. The summed E-state index contributed by atoms with van der Waals surface area (Å²) in [5.74, 6) is -0.913. The molecule has 2 aromatic rings. The zero-order valence-electron chi connectivity index (χ0n) is 15.6. The predicted molar refractivity (Wildman–Crippen MR) is 105 cm³/mol. The third kappa shape index (κ3) is 4.12. The van der Waals surface area contributed by atoms with E-state index >= 15 is 0 Å². The quantitative estimate of drug-likeness (QED) is 0.689. The predicted octanol–water partition coefficient (Wildman–Crippen LogP) is 3.09. The molecule has 3 rings (SSSR count). The maximum Gasteiger partial charge on any atom is 0.328 e. The van der Waals surface area contributed by atoms with Crippen molar-refractivity contribution in [3.05, 3.63) is 53.1 Å². The fraction of sp³-hybridized carbons (Fsp3) is 0.250. The average molecular weight is 403 g/mol. The number of sulfonamides is 1. The minimum Gasteiger partial charge on any atom is -0.493 e. The van der Waals surface area contributed by atoms with Gasteiger partial charge in [-0.3, -0.25) is 4.72 Å². The van der Waals surface area contributed by atoms with Crippen molar-refractivity contribution in [2.45, 2.75) is 24.2 Å². The number of carbonyl (C=O) groups is 1. The van der Waals surface area contributed by atoms with Crippen molar-refractivity contribution in [1.29, 1.82) is 0 Å². The van der Waals surface area contributed by atoms with Crippen molar-refractivity contribution in [2.75, 3.05) is 18.9 Å². The summed E-state index contributed by atoms with van der Waals surface area (Å²) in [7, 11) is -1.28. The Bertz CT molecular complexity index is 1040. The van der Waals surface area contributed by atoms with E-state index < -0.39 is 16.0 Å². The molecule has 0 atom stereocenters. The van der Waals surface area contributed by atoms with Crippen LogP contribution in [0.15, 0.2) is 41.3 Å². The first kappa shape index (κ1) is 19.8. The Hall–Kier alpha value is -3.00. The van der Waals surface area contributed by atoms with Crippen molar-refractivity contribution in [1.82, 2.24) is 0 Å².